The first kappa shape index (κ1) is 27.8. The summed E-state index contributed by atoms with van der Waals surface area (Å²) in [7, 11) is 0. The molecule has 0 radical (unpaired) electrons. The van der Waals surface area contributed by atoms with Crippen molar-refractivity contribution in [2.24, 2.45) is 5.92 Å². The molecule has 0 saturated carbocycles. The highest BCUT2D eigenvalue weighted by Crippen LogP contribution is 2.48. The van der Waals surface area contributed by atoms with Crippen molar-refractivity contribution >= 4 is 39.0 Å². The fourth-order valence-electron chi connectivity index (χ4n) is 6.79. The van der Waals surface area contributed by atoms with Crippen LogP contribution in [0.3, 0.4) is 0 Å². The van der Waals surface area contributed by atoms with Crippen LogP contribution in [0.4, 0.5) is 5.69 Å². The van der Waals surface area contributed by atoms with Gasteiger partial charge in [-0.3, -0.25) is 0 Å². The molecule has 4 heteroatoms. The van der Waals surface area contributed by atoms with Gasteiger partial charge in [-0.1, -0.05) is 151 Å². The van der Waals surface area contributed by atoms with Crippen molar-refractivity contribution in [3.63, 3.8) is 0 Å². The number of nitrogens with one attached hydrogen (secondary N) is 1. The molecule has 0 spiro atoms. The van der Waals surface area contributed by atoms with E-state index >= 15 is 0 Å². The van der Waals surface area contributed by atoms with Crippen LogP contribution >= 0.6 is 11.8 Å². The third-order valence-corrected chi connectivity index (χ3v) is 10.6. The van der Waals surface area contributed by atoms with Crippen molar-refractivity contribution < 1.29 is 0 Å². The molecule has 2 atom stereocenters. The molecule has 1 aromatic heterocycles. The van der Waals surface area contributed by atoms with E-state index in [1.165, 1.54) is 43.3 Å². The molecule has 1 aliphatic heterocycles. The Morgan fingerprint density at radius 1 is 0.574 bits per heavy atom. The molecule has 224 valence electrons. The summed E-state index contributed by atoms with van der Waals surface area (Å²) in [5.74, 6) is 1.20. The zero-order valence-corrected chi connectivity index (χ0v) is 26.5. The van der Waals surface area contributed by atoms with Gasteiger partial charge in [0.15, 0.2) is 5.82 Å². The molecule has 2 heterocycles. The smallest absolute Gasteiger partial charge is 0.160 e. The van der Waals surface area contributed by atoms with Crippen molar-refractivity contribution in [1.82, 2.24) is 9.97 Å². The molecular weight excluding hydrogens is 591 g/mol. The Morgan fingerprint density at radius 2 is 1.21 bits per heavy atom. The maximum atomic E-state index is 5.15. The third kappa shape index (κ3) is 5.21. The molecular formula is C43H31N3S. The molecule has 3 nitrogen and oxygen atoms in total. The van der Waals surface area contributed by atoms with Gasteiger partial charge in [0.05, 0.1) is 22.4 Å². The van der Waals surface area contributed by atoms with Gasteiger partial charge in [-0.2, -0.15) is 0 Å². The number of rotatable bonds is 5. The van der Waals surface area contributed by atoms with Crippen LogP contribution < -0.4 is 5.32 Å². The fourth-order valence-corrected chi connectivity index (χ4v) is 8.04. The van der Waals surface area contributed by atoms with Crippen LogP contribution in [0.5, 0.6) is 0 Å². The van der Waals surface area contributed by atoms with Crippen molar-refractivity contribution in [2.75, 3.05) is 5.32 Å². The minimum Gasteiger partial charge on any atom is -0.371 e. The average molecular weight is 622 g/mol. The second-order valence-corrected chi connectivity index (χ2v) is 13.4. The zero-order valence-electron chi connectivity index (χ0n) is 25.7. The summed E-state index contributed by atoms with van der Waals surface area (Å²) in [6.45, 7) is 0. The lowest BCUT2D eigenvalue weighted by atomic mass is 9.97. The number of fused-ring (bicyclic) bond motifs is 5. The second kappa shape index (κ2) is 11.7. The van der Waals surface area contributed by atoms with Crippen molar-refractivity contribution in [2.45, 2.75) is 16.7 Å². The lowest BCUT2D eigenvalue weighted by Crippen LogP contribution is -2.21. The number of hydrogen-bond donors (Lipinski definition) is 1. The van der Waals surface area contributed by atoms with Crippen LogP contribution in [0.25, 0.3) is 66.6 Å². The van der Waals surface area contributed by atoms with Crippen LogP contribution in [-0.2, 0) is 0 Å². The minimum absolute atomic E-state index is 0.334. The van der Waals surface area contributed by atoms with Crippen LogP contribution in [0.2, 0.25) is 0 Å². The van der Waals surface area contributed by atoms with Crippen molar-refractivity contribution in [3.8, 4) is 45.0 Å². The first-order valence-corrected chi connectivity index (χ1v) is 17.0. The number of hydrogen-bond acceptors (Lipinski definition) is 4. The van der Waals surface area contributed by atoms with Gasteiger partial charge in [0.1, 0.15) is 0 Å². The molecule has 47 heavy (non-hydrogen) atoms. The predicted molar refractivity (Wildman–Crippen MR) is 198 cm³/mol. The number of aromatic nitrogens is 2. The summed E-state index contributed by atoms with van der Waals surface area (Å²) >= 11 is 1.95. The molecule has 0 bridgehead atoms. The summed E-state index contributed by atoms with van der Waals surface area (Å²) in [5, 5.41) is 9.20. The molecule has 1 N–H and O–H groups in total. The summed E-state index contributed by atoms with van der Waals surface area (Å²) in [6.07, 6.45) is 9.99. The Morgan fingerprint density at radius 3 is 1.96 bits per heavy atom. The summed E-state index contributed by atoms with van der Waals surface area (Å²) in [5.41, 5.74) is 8.60. The largest absolute Gasteiger partial charge is 0.371 e. The molecule has 0 amide bonds. The van der Waals surface area contributed by atoms with E-state index in [9.17, 15) is 0 Å². The van der Waals surface area contributed by atoms with Crippen LogP contribution in [0, 0.1) is 5.92 Å². The molecule has 2 aliphatic rings. The zero-order chi connectivity index (χ0) is 31.2. The number of allylic oxidation sites excluding steroid dienone is 3. The maximum absolute atomic E-state index is 5.15. The lowest BCUT2D eigenvalue weighted by molar-refractivity contribution is 0.662. The lowest BCUT2D eigenvalue weighted by Gasteiger charge is -2.20. The van der Waals surface area contributed by atoms with E-state index < -0.39 is 0 Å². The molecule has 6 aromatic carbocycles. The maximum Gasteiger partial charge on any atom is 0.160 e. The highest BCUT2D eigenvalue weighted by Gasteiger charge is 2.29. The molecule has 0 saturated heterocycles. The van der Waals surface area contributed by atoms with Gasteiger partial charge in [-0.25, -0.2) is 9.97 Å². The molecule has 2 unspecified atom stereocenters. The van der Waals surface area contributed by atoms with E-state index in [0.717, 1.165) is 40.3 Å². The molecule has 9 rings (SSSR count). The Kier molecular flexibility index (Phi) is 6.94. The predicted octanol–water partition coefficient (Wildman–Crippen LogP) is 11.4. The molecule has 0 fully saturated rings. The van der Waals surface area contributed by atoms with Gasteiger partial charge in [-0.15, -0.1) is 0 Å². The van der Waals surface area contributed by atoms with E-state index in [0.29, 0.717) is 11.3 Å². The van der Waals surface area contributed by atoms with Crippen LogP contribution in [-0.4, -0.2) is 15.3 Å². The van der Waals surface area contributed by atoms with Gasteiger partial charge in [0.2, 0.25) is 0 Å². The topological polar surface area (TPSA) is 37.8 Å². The SMILES string of the molecule is C1=CCC(C2Nc3c(ccc4ccc5cc(-c6nc(-c7ccccc7)cc(-c7ccc(-c8ccccc8)cc7)n6)ccc5c34)S2)C=C1. The van der Waals surface area contributed by atoms with Gasteiger partial charge in [-0.05, 0) is 51.9 Å². The monoisotopic (exact) mass is 621 g/mol. The molecule has 7 aromatic rings. The van der Waals surface area contributed by atoms with Gasteiger partial charge in [0, 0.05) is 32.9 Å². The normalized spacial score (nSPS) is 16.8. The van der Waals surface area contributed by atoms with Crippen LogP contribution in [0.1, 0.15) is 6.42 Å². The van der Waals surface area contributed by atoms with E-state index in [1.54, 1.807) is 0 Å². The summed E-state index contributed by atoms with van der Waals surface area (Å²) in [4.78, 5) is 11.6. The summed E-state index contributed by atoms with van der Waals surface area (Å²) < 4.78 is 0. The van der Waals surface area contributed by atoms with Crippen LogP contribution in [0.15, 0.2) is 163 Å². The summed E-state index contributed by atoms with van der Waals surface area (Å²) in [6, 6.07) is 47.3. The average Bonchev–Trinajstić information content (AvgIpc) is 3.60. The third-order valence-electron chi connectivity index (χ3n) is 9.25. The minimum atomic E-state index is 0.334. The Labute approximate surface area is 278 Å². The second-order valence-electron chi connectivity index (χ2n) is 12.2. The van der Waals surface area contributed by atoms with Gasteiger partial charge < -0.3 is 5.32 Å². The number of thioether (sulfide) groups is 1. The van der Waals surface area contributed by atoms with Gasteiger partial charge >= 0.3 is 0 Å². The van der Waals surface area contributed by atoms with Crippen molar-refractivity contribution in [1.29, 1.82) is 0 Å². The fraction of sp³-hybridized carbons (Fsp3) is 0.0698. The van der Waals surface area contributed by atoms with E-state index in [1.807, 2.05) is 23.9 Å². The Balaban J connectivity index is 1.13. The number of benzene rings is 6. The van der Waals surface area contributed by atoms with E-state index in [4.69, 9.17) is 9.97 Å². The Hall–Kier alpha value is -5.45. The van der Waals surface area contributed by atoms with E-state index in [-0.39, 0.29) is 0 Å². The Bertz CT molecular complexity index is 2330. The molecule has 1 aliphatic carbocycles. The standard InChI is InChI=1S/C43H31N3S/c1-4-10-28(11-5-1)29-16-18-31(19-17-29)38-27-37(30-12-6-2-7-13-30)44-42(45-38)35-22-24-36-34(26-35)21-20-32-23-25-39-41(40(32)36)46-43(47-39)33-14-8-3-9-15-33/h1-14,16-27,33,43,46H,15H2. The quantitative estimate of drug-likeness (QED) is 0.194. The highest BCUT2D eigenvalue weighted by molar-refractivity contribution is 8.00. The van der Waals surface area contributed by atoms with Crippen molar-refractivity contribution in [3.05, 3.63) is 158 Å². The van der Waals surface area contributed by atoms with Gasteiger partial charge in [0.25, 0.3) is 0 Å². The highest BCUT2D eigenvalue weighted by atomic mass is 32.2. The number of nitrogens with zero attached hydrogens (tertiary/aromatic N) is 2. The van der Waals surface area contributed by atoms with E-state index in [2.05, 4.69) is 151 Å². The first-order chi connectivity index (χ1) is 23.3. The first-order valence-electron chi connectivity index (χ1n) is 16.1. The number of anilines is 1.